The molecule has 4 rings (SSSR count). The third-order valence-electron chi connectivity index (χ3n) is 5.73. The lowest BCUT2D eigenvalue weighted by atomic mass is 9.96. The van der Waals surface area contributed by atoms with E-state index >= 15 is 0 Å². The molecule has 0 spiro atoms. The van der Waals surface area contributed by atoms with Crippen molar-refractivity contribution in [2.24, 2.45) is 5.92 Å². The summed E-state index contributed by atoms with van der Waals surface area (Å²) in [7, 11) is 0. The van der Waals surface area contributed by atoms with Crippen molar-refractivity contribution in [3.8, 4) is 0 Å². The molecule has 2 saturated heterocycles. The number of likely N-dealkylation sites (tertiary alicyclic amines) is 2. The summed E-state index contributed by atoms with van der Waals surface area (Å²) in [6.45, 7) is 3.84. The van der Waals surface area contributed by atoms with E-state index in [2.05, 4.69) is 10.2 Å². The Morgan fingerprint density at radius 2 is 2.04 bits per heavy atom. The van der Waals surface area contributed by atoms with Crippen molar-refractivity contribution in [2.75, 3.05) is 32.7 Å². The molecule has 2 fully saturated rings. The first-order valence-corrected chi connectivity index (χ1v) is 11.0. The zero-order valence-electron chi connectivity index (χ0n) is 16.0. The lowest BCUT2D eigenvalue weighted by Crippen LogP contribution is -2.46. The van der Waals surface area contributed by atoms with Crippen molar-refractivity contribution in [2.45, 2.75) is 31.7 Å². The van der Waals surface area contributed by atoms with Gasteiger partial charge < -0.3 is 14.6 Å². The Morgan fingerprint density at radius 1 is 1.18 bits per heavy atom. The maximum Gasteiger partial charge on any atom is 0.263 e. The number of carbonyl (C=O) groups excluding carboxylic acids is 2. The van der Waals surface area contributed by atoms with Crippen LogP contribution in [0, 0.1) is 5.92 Å². The molecule has 2 aromatic heterocycles. The number of piperidine rings is 1. The molecule has 4 heterocycles. The third kappa shape index (κ3) is 4.31. The molecule has 2 amide bonds. The van der Waals surface area contributed by atoms with E-state index < -0.39 is 0 Å². The molecular formula is C21H27N3O3S. The van der Waals surface area contributed by atoms with Crippen LogP contribution in [0.3, 0.4) is 0 Å². The Morgan fingerprint density at radius 3 is 2.75 bits per heavy atom. The molecule has 1 N–H and O–H groups in total. The van der Waals surface area contributed by atoms with Crippen LogP contribution in [-0.2, 0) is 4.79 Å². The van der Waals surface area contributed by atoms with Gasteiger partial charge >= 0.3 is 0 Å². The second-order valence-corrected chi connectivity index (χ2v) is 8.53. The smallest absolute Gasteiger partial charge is 0.263 e. The van der Waals surface area contributed by atoms with Crippen LogP contribution in [0.2, 0.25) is 0 Å². The number of nitrogens with one attached hydrogen (secondary N) is 1. The molecule has 28 heavy (non-hydrogen) atoms. The zero-order chi connectivity index (χ0) is 19.3. The molecule has 2 aliphatic heterocycles. The monoisotopic (exact) mass is 401 g/mol. The average Bonchev–Trinajstić information content (AvgIpc) is 3.51. The topological polar surface area (TPSA) is 65.8 Å². The summed E-state index contributed by atoms with van der Waals surface area (Å²) in [5.74, 6) is 0.839. The quantitative estimate of drug-likeness (QED) is 0.808. The van der Waals surface area contributed by atoms with Crippen molar-refractivity contribution in [3.63, 3.8) is 0 Å². The SMILES string of the molecule is O=C(NCC(c1ccco1)N1CCCC1)C1CCCN(C(=O)c2cccs2)C1. The van der Waals surface area contributed by atoms with Crippen LogP contribution in [0.15, 0.2) is 40.3 Å². The number of hydrogen-bond acceptors (Lipinski definition) is 5. The number of rotatable bonds is 6. The van der Waals surface area contributed by atoms with Crippen LogP contribution in [0.1, 0.15) is 47.2 Å². The lowest BCUT2D eigenvalue weighted by Gasteiger charge is -2.32. The highest BCUT2D eigenvalue weighted by molar-refractivity contribution is 7.12. The number of amides is 2. The summed E-state index contributed by atoms with van der Waals surface area (Å²) in [6.07, 6.45) is 5.76. The summed E-state index contributed by atoms with van der Waals surface area (Å²) < 4.78 is 5.63. The number of furan rings is 1. The molecule has 0 radical (unpaired) electrons. The summed E-state index contributed by atoms with van der Waals surface area (Å²) >= 11 is 1.45. The molecule has 0 bridgehead atoms. The van der Waals surface area contributed by atoms with Gasteiger partial charge in [0.1, 0.15) is 5.76 Å². The van der Waals surface area contributed by atoms with E-state index in [1.165, 1.54) is 24.2 Å². The van der Waals surface area contributed by atoms with Crippen LogP contribution in [0.4, 0.5) is 0 Å². The number of thiophene rings is 1. The van der Waals surface area contributed by atoms with Gasteiger partial charge in [-0.05, 0) is 62.4 Å². The highest BCUT2D eigenvalue weighted by Gasteiger charge is 2.31. The number of hydrogen-bond donors (Lipinski definition) is 1. The van der Waals surface area contributed by atoms with Gasteiger partial charge in [-0.1, -0.05) is 6.07 Å². The van der Waals surface area contributed by atoms with E-state index in [4.69, 9.17) is 4.42 Å². The van der Waals surface area contributed by atoms with Crippen LogP contribution in [0.5, 0.6) is 0 Å². The first kappa shape index (κ1) is 19.2. The normalized spacial score (nSPS) is 21.6. The highest BCUT2D eigenvalue weighted by atomic mass is 32.1. The van der Waals surface area contributed by atoms with Crippen LogP contribution in [0.25, 0.3) is 0 Å². The van der Waals surface area contributed by atoms with Crippen LogP contribution >= 0.6 is 11.3 Å². The zero-order valence-corrected chi connectivity index (χ0v) is 16.8. The Bertz CT molecular complexity index is 769. The van der Waals surface area contributed by atoms with Crippen molar-refractivity contribution < 1.29 is 14.0 Å². The first-order chi connectivity index (χ1) is 13.7. The maximum atomic E-state index is 12.8. The average molecular weight is 402 g/mol. The van der Waals surface area contributed by atoms with Gasteiger partial charge in [0, 0.05) is 19.6 Å². The highest BCUT2D eigenvalue weighted by Crippen LogP contribution is 2.26. The lowest BCUT2D eigenvalue weighted by molar-refractivity contribution is -0.126. The summed E-state index contributed by atoms with van der Waals surface area (Å²) in [6, 6.07) is 7.70. The largest absolute Gasteiger partial charge is 0.468 e. The second kappa shape index (κ2) is 8.92. The molecule has 0 saturated carbocycles. The molecule has 6 nitrogen and oxygen atoms in total. The minimum atomic E-state index is -0.145. The Hall–Kier alpha value is -2.12. The van der Waals surface area contributed by atoms with Crippen molar-refractivity contribution >= 4 is 23.2 Å². The third-order valence-corrected chi connectivity index (χ3v) is 6.59. The van der Waals surface area contributed by atoms with E-state index in [0.717, 1.165) is 43.1 Å². The first-order valence-electron chi connectivity index (χ1n) is 10.1. The minimum absolute atomic E-state index is 0.0398. The van der Waals surface area contributed by atoms with Crippen molar-refractivity contribution in [1.29, 1.82) is 0 Å². The summed E-state index contributed by atoms with van der Waals surface area (Å²) in [4.78, 5) is 30.4. The van der Waals surface area contributed by atoms with Gasteiger partial charge in [0.25, 0.3) is 5.91 Å². The van der Waals surface area contributed by atoms with Gasteiger partial charge in [-0.25, -0.2) is 0 Å². The Labute approximate surface area is 169 Å². The predicted octanol–water partition coefficient (Wildman–Crippen LogP) is 3.15. The van der Waals surface area contributed by atoms with Gasteiger partial charge in [-0.2, -0.15) is 0 Å². The van der Waals surface area contributed by atoms with E-state index in [1.54, 1.807) is 6.26 Å². The number of nitrogens with zero attached hydrogens (tertiary/aromatic N) is 2. The molecule has 7 heteroatoms. The molecule has 2 aromatic rings. The fourth-order valence-corrected chi connectivity index (χ4v) is 4.91. The van der Waals surface area contributed by atoms with Gasteiger partial charge in [-0.3, -0.25) is 14.5 Å². The van der Waals surface area contributed by atoms with Crippen molar-refractivity contribution in [3.05, 3.63) is 46.5 Å². The minimum Gasteiger partial charge on any atom is -0.468 e. The maximum absolute atomic E-state index is 12.8. The predicted molar refractivity (Wildman–Crippen MR) is 108 cm³/mol. The Balaban J connectivity index is 1.35. The second-order valence-electron chi connectivity index (χ2n) is 7.59. The molecule has 2 aliphatic rings. The molecular weight excluding hydrogens is 374 g/mol. The molecule has 2 unspecified atom stereocenters. The fourth-order valence-electron chi connectivity index (χ4n) is 4.22. The van der Waals surface area contributed by atoms with Gasteiger partial charge in [0.15, 0.2) is 0 Å². The van der Waals surface area contributed by atoms with Gasteiger partial charge in [0.2, 0.25) is 5.91 Å². The van der Waals surface area contributed by atoms with Gasteiger partial charge in [0.05, 0.1) is 23.1 Å². The molecule has 2 atom stereocenters. The van der Waals surface area contributed by atoms with Crippen LogP contribution in [-0.4, -0.2) is 54.3 Å². The van der Waals surface area contributed by atoms with Crippen LogP contribution < -0.4 is 5.32 Å². The van der Waals surface area contributed by atoms with Crippen molar-refractivity contribution in [1.82, 2.24) is 15.1 Å². The molecule has 150 valence electrons. The number of carbonyl (C=O) groups is 2. The Kier molecular flexibility index (Phi) is 6.12. The van der Waals surface area contributed by atoms with E-state index in [9.17, 15) is 9.59 Å². The molecule has 0 aromatic carbocycles. The summed E-state index contributed by atoms with van der Waals surface area (Å²) in [5, 5.41) is 5.05. The van der Waals surface area contributed by atoms with E-state index in [-0.39, 0.29) is 23.8 Å². The van der Waals surface area contributed by atoms with Gasteiger partial charge in [-0.15, -0.1) is 11.3 Å². The fraction of sp³-hybridized carbons (Fsp3) is 0.524. The standard InChI is InChI=1S/C21H27N3O3S/c25-20(16-6-3-11-24(15-16)21(26)19-8-5-13-28-19)22-14-17(18-7-4-12-27-18)23-9-1-2-10-23/h4-5,7-8,12-13,16-17H,1-3,6,9-11,14-15H2,(H,22,25). The summed E-state index contributed by atoms with van der Waals surface area (Å²) in [5.41, 5.74) is 0. The molecule has 0 aliphatic carbocycles. The van der Waals surface area contributed by atoms with E-state index in [1.807, 2.05) is 34.5 Å². The van der Waals surface area contributed by atoms with E-state index in [0.29, 0.717) is 13.1 Å².